The number of fused-ring (bicyclic) bond motifs is 1. The maximum absolute atomic E-state index is 12.3. The van der Waals surface area contributed by atoms with Crippen LogP contribution in [0.25, 0.3) is 5.69 Å². The van der Waals surface area contributed by atoms with Gasteiger partial charge in [-0.25, -0.2) is 4.68 Å². The van der Waals surface area contributed by atoms with E-state index in [9.17, 15) is 4.79 Å². The molecule has 1 aliphatic rings. The van der Waals surface area contributed by atoms with Crippen molar-refractivity contribution in [3.05, 3.63) is 75.9 Å². The van der Waals surface area contributed by atoms with Crippen molar-refractivity contribution in [3.63, 3.8) is 0 Å². The van der Waals surface area contributed by atoms with E-state index in [0.717, 1.165) is 28.3 Å². The summed E-state index contributed by atoms with van der Waals surface area (Å²) in [6, 6.07) is 15.9. The number of rotatable bonds is 2. The number of carbonyl (C=O) groups excluding carboxylic acids is 1. The number of hydrogen-bond acceptors (Lipinski definition) is 3. The van der Waals surface area contributed by atoms with Crippen molar-refractivity contribution >= 4 is 35.1 Å². The molecule has 0 spiro atoms. The second-order valence-electron chi connectivity index (χ2n) is 6.39. The standard InChI is InChI=1S/C20H18ClN3OS/c1-12-6-8-16(9-7-12)24-20-18(13(2)23-24)19(26-11-17(25)22-20)14-4-3-5-15(21)10-14/h3-10,19H,11H2,1-2H3,(H,22,25). The Morgan fingerprint density at radius 3 is 2.69 bits per heavy atom. The summed E-state index contributed by atoms with van der Waals surface area (Å²) >= 11 is 7.80. The Balaban J connectivity index is 1.89. The highest BCUT2D eigenvalue weighted by molar-refractivity contribution is 8.00. The van der Waals surface area contributed by atoms with Crippen LogP contribution in [0.2, 0.25) is 5.02 Å². The van der Waals surface area contributed by atoms with Crippen molar-refractivity contribution in [2.75, 3.05) is 11.1 Å². The van der Waals surface area contributed by atoms with Gasteiger partial charge in [0.25, 0.3) is 0 Å². The highest BCUT2D eigenvalue weighted by Crippen LogP contribution is 2.44. The lowest BCUT2D eigenvalue weighted by molar-refractivity contribution is -0.113. The van der Waals surface area contributed by atoms with Gasteiger partial charge in [0, 0.05) is 10.6 Å². The zero-order valence-electron chi connectivity index (χ0n) is 14.5. The number of halogens is 1. The summed E-state index contributed by atoms with van der Waals surface area (Å²) in [5.41, 5.74) is 5.12. The van der Waals surface area contributed by atoms with E-state index in [1.807, 2.05) is 67.1 Å². The number of aryl methyl sites for hydroxylation is 2. The van der Waals surface area contributed by atoms with Gasteiger partial charge in [-0.15, -0.1) is 11.8 Å². The van der Waals surface area contributed by atoms with Crippen molar-refractivity contribution in [3.8, 4) is 5.69 Å². The molecule has 1 aliphatic heterocycles. The number of aromatic nitrogens is 2. The maximum atomic E-state index is 12.3. The van der Waals surface area contributed by atoms with Gasteiger partial charge in [0.05, 0.1) is 22.4 Å². The molecular formula is C20H18ClN3OS. The lowest BCUT2D eigenvalue weighted by Gasteiger charge is -2.15. The molecule has 2 heterocycles. The van der Waals surface area contributed by atoms with Crippen LogP contribution < -0.4 is 5.32 Å². The van der Waals surface area contributed by atoms with Gasteiger partial charge < -0.3 is 5.32 Å². The lowest BCUT2D eigenvalue weighted by Crippen LogP contribution is -2.15. The second-order valence-corrected chi connectivity index (χ2v) is 7.92. The number of carbonyl (C=O) groups is 1. The molecule has 0 fully saturated rings. The minimum Gasteiger partial charge on any atom is -0.310 e. The van der Waals surface area contributed by atoms with Gasteiger partial charge in [0.2, 0.25) is 5.91 Å². The van der Waals surface area contributed by atoms with Crippen molar-refractivity contribution < 1.29 is 4.79 Å². The third-order valence-corrected chi connectivity index (χ3v) is 5.94. The summed E-state index contributed by atoms with van der Waals surface area (Å²) in [6.45, 7) is 4.03. The summed E-state index contributed by atoms with van der Waals surface area (Å²) < 4.78 is 1.82. The molecule has 0 saturated heterocycles. The van der Waals surface area contributed by atoms with E-state index in [1.54, 1.807) is 11.8 Å². The number of benzene rings is 2. The molecule has 0 bridgehead atoms. The molecule has 1 atom stereocenters. The van der Waals surface area contributed by atoms with Crippen LogP contribution in [0.5, 0.6) is 0 Å². The van der Waals surface area contributed by atoms with E-state index < -0.39 is 0 Å². The van der Waals surface area contributed by atoms with E-state index in [2.05, 4.69) is 5.32 Å². The van der Waals surface area contributed by atoms with E-state index in [1.165, 1.54) is 5.56 Å². The Kier molecular flexibility index (Phi) is 4.51. The average Bonchev–Trinajstić information content (AvgIpc) is 2.82. The Bertz CT molecular complexity index is 981. The molecule has 1 aromatic heterocycles. The van der Waals surface area contributed by atoms with Gasteiger partial charge in [-0.3, -0.25) is 4.79 Å². The summed E-state index contributed by atoms with van der Waals surface area (Å²) in [5.74, 6) is 1.11. The Morgan fingerprint density at radius 2 is 1.96 bits per heavy atom. The molecule has 0 saturated carbocycles. The first-order valence-electron chi connectivity index (χ1n) is 8.36. The van der Waals surface area contributed by atoms with Crippen LogP contribution in [-0.2, 0) is 4.79 Å². The second kappa shape index (κ2) is 6.82. The van der Waals surface area contributed by atoms with Crippen LogP contribution in [0.1, 0.15) is 27.6 Å². The van der Waals surface area contributed by atoms with Gasteiger partial charge in [-0.2, -0.15) is 5.10 Å². The van der Waals surface area contributed by atoms with Crippen LogP contribution >= 0.6 is 23.4 Å². The summed E-state index contributed by atoms with van der Waals surface area (Å²) in [5, 5.41) is 8.46. The molecule has 3 aromatic rings. The smallest absolute Gasteiger partial charge is 0.235 e. The molecule has 6 heteroatoms. The van der Waals surface area contributed by atoms with Crippen molar-refractivity contribution in [1.29, 1.82) is 0 Å². The van der Waals surface area contributed by atoms with Gasteiger partial charge in [0.1, 0.15) is 5.82 Å². The fraction of sp³-hybridized carbons (Fsp3) is 0.200. The molecule has 1 amide bonds. The predicted molar refractivity (Wildman–Crippen MR) is 107 cm³/mol. The van der Waals surface area contributed by atoms with Gasteiger partial charge in [-0.05, 0) is 43.7 Å². The van der Waals surface area contributed by atoms with Crippen molar-refractivity contribution in [1.82, 2.24) is 9.78 Å². The van der Waals surface area contributed by atoms with Crippen LogP contribution in [0.15, 0.2) is 48.5 Å². The largest absolute Gasteiger partial charge is 0.310 e. The molecule has 1 N–H and O–H groups in total. The number of amides is 1. The third kappa shape index (κ3) is 3.13. The van der Waals surface area contributed by atoms with Crippen LogP contribution in [0.3, 0.4) is 0 Å². The normalized spacial score (nSPS) is 16.7. The monoisotopic (exact) mass is 383 g/mol. The number of nitrogens with one attached hydrogen (secondary N) is 1. The molecule has 0 aliphatic carbocycles. The van der Waals surface area contributed by atoms with Crippen LogP contribution in [0, 0.1) is 13.8 Å². The zero-order chi connectivity index (χ0) is 18.3. The average molecular weight is 384 g/mol. The van der Waals surface area contributed by atoms with Crippen molar-refractivity contribution in [2.45, 2.75) is 19.1 Å². The topological polar surface area (TPSA) is 46.9 Å². The fourth-order valence-electron chi connectivity index (χ4n) is 3.19. The van der Waals surface area contributed by atoms with E-state index >= 15 is 0 Å². The van der Waals surface area contributed by atoms with Gasteiger partial charge in [-0.1, -0.05) is 41.4 Å². The Morgan fingerprint density at radius 1 is 1.19 bits per heavy atom. The molecule has 26 heavy (non-hydrogen) atoms. The van der Waals surface area contributed by atoms with Crippen LogP contribution in [0.4, 0.5) is 5.82 Å². The summed E-state index contributed by atoms with van der Waals surface area (Å²) in [4.78, 5) is 12.3. The first-order chi connectivity index (χ1) is 12.5. The highest BCUT2D eigenvalue weighted by atomic mass is 35.5. The molecule has 4 rings (SSSR count). The predicted octanol–water partition coefficient (Wildman–Crippen LogP) is 4.92. The quantitative estimate of drug-likeness (QED) is 0.683. The molecular weight excluding hydrogens is 366 g/mol. The van der Waals surface area contributed by atoms with Crippen molar-refractivity contribution in [2.24, 2.45) is 0 Å². The maximum Gasteiger partial charge on any atom is 0.235 e. The number of anilines is 1. The Hall–Kier alpha value is -2.24. The first-order valence-corrected chi connectivity index (χ1v) is 9.79. The van der Waals surface area contributed by atoms with E-state index in [-0.39, 0.29) is 11.2 Å². The number of thioether (sulfide) groups is 1. The highest BCUT2D eigenvalue weighted by Gasteiger charge is 2.30. The van der Waals surface area contributed by atoms with Gasteiger partial charge in [0.15, 0.2) is 0 Å². The SMILES string of the molecule is Cc1ccc(-n2nc(C)c3c2NC(=O)CSC3c2cccc(Cl)c2)cc1. The Labute approximate surface area is 161 Å². The molecule has 1 unspecified atom stereocenters. The lowest BCUT2D eigenvalue weighted by atomic mass is 10.0. The molecule has 0 radical (unpaired) electrons. The molecule has 4 nitrogen and oxygen atoms in total. The fourth-order valence-corrected chi connectivity index (χ4v) is 4.57. The van der Waals surface area contributed by atoms with E-state index in [0.29, 0.717) is 10.8 Å². The number of nitrogens with zero attached hydrogens (tertiary/aromatic N) is 2. The summed E-state index contributed by atoms with van der Waals surface area (Å²) in [6.07, 6.45) is 0. The third-order valence-electron chi connectivity index (χ3n) is 4.44. The summed E-state index contributed by atoms with van der Waals surface area (Å²) in [7, 11) is 0. The zero-order valence-corrected chi connectivity index (χ0v) is 16.1. The van der Waals surface area contributed by atoms with E-state index in [4.69, 9.17) is 16.7 Å². The minimum absolute atomic E-state index is 0.00171. The molecule has 132 valence electrons. The van der Waals surface area contributed by atoms with Crippen LogP contribution in [-0.4, -0.2) is 21.4 Å². The molecule has 2 aromatic carbocycles. The van der Waals surface area contributed by atoms with Gasteiger partial charge >= 0.3 is 0 Å². The minimum atomic E-state index is -0.0194. The number of hydrogen-bond donors (Lipinski definition) is 1. The first kappa shape index (κ1) is 17.2.